The topological polar surface area (TPSA) is 95.1 Å². The van der Waals surface area contributed by atoms with E-state index in [1.807, 2.05) is 51.1 Å². The average molecular weight is 405 g/mol. The maximum atomic E-state index is 13.2. The van der Waals surface area contributed by atoms with E-state index in [1.54, 1.807) is 25.6 Å². The van der Waals surface area contributed by atoms with Gasteiger partial charge in [-0.3, -0.25) is 4.79 Å². The van der Waals surface area contributed by atoms with Gasteiger partial charge in [-0.2, -0.15) is 9.78 Å². The number of methoxy groups -OCH3 is 1. The Morgan fingerprint density at radius 2 is 1.90 bits per heavy atom. The maximum Gasteiger partial charge on any atom is 0.292 e. The van der Waals surface area contributed by atoms with Gasteiger partial charge in [0.2, 0.25) is 0 Å². The van der Waals surface area contributed by atoms with E-state index < -0.39 is 5.91 Å². The fourth-order valence-electron chi connectivity index (χ4n) is 3.13. The Morgan fingerprint density at radius 3 is 2.60 bits per heavy atom. The van der Waals surface area contributed by atoms with E-state index in [0.29, 0.717) is 22.9 Å². The highest BCUT2D eigenvalue weighted by Crippen LogP contribution is 2.29. The molecule has 0 saturated carbocycles. The predicted molar refractivity (Wildman–Crippen MR) is 113 cm³/mol. The first-order valence-electron chi connectivity index (χ1n) is 9.57. The highest BCUT2D eigenvalue weighted by atomic mass is 16.5. The van der Waals surface area contributed by atoms with Gasteiger partial charge in [0, 0.05) is 41.9 Å². The van der Waals surface area contributed by atoms with Crippen molar-refractivity contribution in [3.63, 3.8) is 0 Å². The molecule has 154 valence electrons. The van der Waals surface area contributed by atoms with Crippen LogP contribution in [0.15, 0.2) is 53.2 Å². The molecule has 0 bridgehead atoms. The van der Waals surface area contributed by atoms with Gasteiger partial charge in [0.25, 0.3) is 11.9 Å². The quantitative estimate of drug-likeness (QED) is 0.537. The summed E-state index contributed by atoms with van der Waals surface area (Å²) in [6, 6.07) is 11.0. The number of anilines is 1. The van der Waals surface area contributed by atoms with Gasteiger partial charge in [0.05, 0.1) is 12.3 Å². The van der Waals surface area contributed by atoms with Crippen LogP contribution in [0.3, 0.4) is 0 Å². The summed E-state index contributed by atoms with van der Waals surface area (Å²) in [5.41, 5.74) is 1.90. The molecule has 8 heteroatoms. The first kappa shape index (κ1) is 19.8. The van der Waals surface area contributed by atoms with Gasteiger partial charge in [-0.1, -0.05) is 39.0 Å². The van der Waals surface area contributed by atoms with Crippen molar-refractivity contribution < 1.29 is 13.9 Å². The number of carbonyl (C=O) groups is 1. The molecule has 0 aliphatic rings. The molecular weight excluding hydrogens is 382 g/mol. The van der Waals surface area contributed by atoms with E-state index >= 15 is 0 Å². The second kappa shape index (κ2) is 7.72. The summed E-state index contributed by atoms with van der Waals surface area (Å²) < 4.78 is 12.7. The number of furan rings is 1. The molecule has 3 aromatic heterocycles. The lowest BCUT2D eigenvalue weighted by atomic mass is 9.92. The van der Waals surface area contributed by atoms with Crippen molar-refractivity contribution in [2.75, 3.05) is 12.4 Å². The van der Waals surface area contributed by atoms with Crippen molar-refractivity contribution in [3.05, 3.63) is 65.8 Å². The van der Waals surface area contributed by atoms with Crippen molar-refractivity contribution >= 4 is 22.7 Å². The van der Waals surface area contributed by atoms with Crippen LogP contribution in [0, 0.1) is 0 Å². The Kier molecular flexibility index (Phi) is 5.09. The molecule has 0 spiro atoms. The van der Waals surface area contributed by atoms with Crippen LogP contribution >= 0.6 is 0 Å². The molecule has 30 heavy (non-hydrogen) atoms. The fraction of sp³-hybridized carbons (Fsp3) is 0.273. The van der Waals surface area contributed by atoms with Crippen LogP contribution in [0.1, 0.15) is 42.6 Å². The second-order valence-corrected chi connectivity index (χ2v) is 7.92. The maximum absolute atomic E-state index is 13.2. The molecule has 1 aromatic carbocycles. The van der Waals surface area contributed by atoms with Gasteiger partial charge in [0.1, 0.15) is 11.4 Å². The number of aromatic nitrogens is 4. The SMILES string of the molecule is COCc1c(C(=O)Nc2cc(C(C)(C)C)nn2-c2ncccn2)oc2ccccc12. The third-order valence-corrected chi connectivity index (χ3v) is 4.65. The Balaban J connectivity index is 1.76. The number of benzene rings is 1. The zero-order valence-electron chi connectivity index (χ0n) is 17.3. The monoisotopic (exact) mass is 405 g/mol. The van der Waals surface area contributed by atoms with Crippen molar-refractivity contribution in [2.24, 2.45) is 0 Å². The van der Waals surface area contributed by atoms with Crippen molar-refractivity contribution in [1.82, 2.24) is 19.7 Å². The number of hydrogen-bond donors (Lipinski definition) is 1. The van der Waals surface area contributed by atoms with Gasteiger partial charge in [-0.05, 0) is 12.1 Å². The van der Waals surface area contributed by atoms with Crippen LogP contribution in [0.5, 0.6) is 0 Å². The van der Waals surface area contributed by atoms with Crippen molar-refractivity contribution in [2.45, 2.75) is 32.8 Å². The molecular formula is C22H23N5O3. The van der Waals surface area contributed by atoms with Gasteiger partial charge >= 0.3 is 0 Å². The standard InChI is InChI=1S/C22H23N5O3/c1-22(2,3)17-12-18(27(26-17)21-23-10-7-11-24-21)25-20(28)19-15(13-29-4)14-8-5-6-9-16(14)30-19/h5-12H,13H2,1-4H3,(H,25,28). The largest absolute Gasteiger partial charge is 0.451 e. The first-order valence-corrected chi connectivity index (χ1v) is 9.57. The first-order chi connectivity index (χ1) is 14.4. The molecule has 1 amide bonds. The number of para-hydroxylation sites is 1. The normalized spacial score (nSPS) is 11.7. The number of carbonyl (C=O) groups excluding carboxylic acids is 1. The van der Waals surface area contributed by atoms with Crippen molar-refractivity contribution in [1.29, 1.82) is 0 Å². The summed E-state index contributed by atoms with van der Waals surface area (Å²) in [6.07, 6.45) is 3.25. The van der Waals surface area contributed by atoms with E-state index in [0.717, 1.165) is 11.1 Å². The molecule has 3 heterocycles. The molecule has 0 radical (unpaired) electrons. The lowest BCUT2D eigenvalue weighted by molar-refractivity contribution is 0.0991. The molecule has 0 fully saturated rings. The molecule has 0 aliphatic heterocycles. The Bertz CT molecular complexity index is 1190. The Labute approximate surface area is 173 Å². The van der Waals surface area contributed by atoms with Crippen LogP contribution in [0.4, 0.5) is 5.82 Å². The van der Waals surface area contributed by atoms with Crippen LogP contribution in [-0.2, 0) is 16.8 Å². The third kappa shape index (κ3) is 3.69. The summed E-state index contributed by atoms with van der Waals surface area (Å²) in [6.45, 7) is 6.40. The number of hydrogen-bond acceptors (Lipinski definition) is 6. The Morgan fingerprint density at radius 1 is 1.17 bits per heavy atom. The summed E-state index contributed by atoms with van der Waals surface area (Å²) in [5.74, 6) is 0.637. The lowest BCUT2D eigenvalue weighted by Gasteiger charge is -2.13. The number of nitrogens with zero attached hydrogens (tertiary/aromatic N) is 4. The van der Waals surface area contributed by atoms with E-state index in [-0.39, 0.29) is 17.8 Å². The molecule has 0 atom stereocenters. The van der Waals surface area contributed by atoms with E-state index in [2.05, 4.69) is 20.4 Å². The number of rotatable bonds is 5. The summed E-state index contributed by atoms with van der Waals surface area (Å²) in [7, 11) is 1.58. The summed E-state index contributed by atoms with van der Waals surface area (Å²) in [4.78, 5) is 21.7. The van der Waals surface area contributed by atoms with Crippen LogP contribution < -0.4 is 5.32 Å². The Hall–Kier alpha value is -3.52. The lowest BCUT2D eigenvalue weighted by Crippen LogP contribution is -2.17. The molecule has 0 unspecified atom stereocenters. The minimum atomic E-state index is -0.393. The minimum Gasteiger partial charge on any atom is -0.451 e. The van der Waals surface area contributed by atoms with Crippen LogP contribution in [0.25, 0.3) is 16.9 Å². The molecule has 4 aromatic rings. The molecule has 1 N–H and O–H groups in total. The molecule has 0 aliphatic carbocycles. The summed E-state index contributed by atoms with van der Waals surface area (Å²) in [5, 5.41) is 8.38. The zero-order chi connectivity index (χ0) is 21.3. The van der Waals surface area contributed by atoms with Gasteiger partial charge in [-0.15, -0.1) is 0 Å². The number of ether oxygens (including phenoxy) is 1. The third-order valence-electron chi connectivity index (χ3n) is 4.65. The number of nitrogens with one attached hydrogen (secondary N) is 1. The summed E-state index contributed by atoms with van der Waals surface area (Å²) >= 11 is 0. The van der Waals surface area contributed by atoms with Gasteiger partial charge in [-0.25, -0.2) is 9.97 Å². The fourth-order valence-corrected chi connectivity index (χ4v) is 3.13. The highest BCUT2D eigenvalue weighted by Gasteiger charge is 2.25. The zero-order valence-corrected chi connectivity index (χ0v) is 17.3. The van der Waals surface area contributed by atoms with Crippen LogP contribution in [0.2, 0.25) is 0 Å². The molecule has 0 saturated heterocycles. The van der Waals surface area contributed by atoms with Crippen molar-refractivity contribution in [3.8, 4) is 5.95 Å². The van der Waals surface area contributed by atoms with Gasteiger partial charge in [0.15, 0.2) is 5.76 Å². The van der Waals surface area contributed by atoms with Gasteiger partial charge < -0.3 is 14.5 Å². The van der Waals surface area contributed by atoms with Crippen LogP contribution in [-0.4, -0.2) is 32.8 Å². The van der Waals surface area contributed by atoms with E-state index in [1.165, 1.54) is 4.68 Å². The minimum absolute atomic E-state index is 0.206. The van der Waals surface area contributed by atoms with E-state index in [9.17, 15) is 4.79 Å². The predicted octanol–water partition coefficient (Wildman–Crippen LogP) is 4.10. The molecule has 4 rings (SSSR count). The van der Waals surface area contributed by atoms with E-state index in [4.69, 9.17) is 9.15 Å². The smallest absolute Gasteiger partial charge is 0.292 e. The molecule has 8 nitrogen and oxygen atoms in total. The number of fused-ring (bicyclic) bond motifs is 1. The average Bonchev–Trinajstić information content (AvgIpc) is 3.31. The highest BCUT2D eigenvalue weighted by molar-refractivity contribution is 6.06. The number of amides is 1. The second-order valence-electron chi connectivity index (χ2n) is 7.92.